The van der Waals surface area contributed by atoms with Crippen LogP contribution in [0.25, 0.3) is 0 Å². The van der Waals surface area contributed by atoms with E-state index in [1.165, 1.54) is 12.8 Å². The summed E-state index contributed by atoms with van der Waals surface area (Å²) in [7, 11) is 0. The van der Waals surface area contributed by atoms with Crippen LogP contribution in [-0.2, 0) is 19.5 Å². The molecule has 2 aromatic rings. The van der Waals surface area contributed by atoms with Gasteiger partial charge in [0.05, 0.1) is 6.54 Å². The molecule has 1 aliphatic rings. The maximum atomic E-state index is 5.96. The van der Waals surface area contributed by atoms with Gasteiger partial charge in [0.15, 0.2) is 5.82 Å². The summed E-state index contributed by atoms with van der Waals surface area (Å²) in [5, 5.41) is 8.60. The molecule has 0 aliphatic carbocycles. The lowest BCUT2D eigenvalue weighted by molar-refractivity contribution is 0.499. The van der Waals surface area contributed by atoms with E-state index in [4.69, 9.17) is 5.73 Å². The highest BCUT2D eigenvalue weighted by atomic mass is 15.3. The fourth-order valence-corrected chi connectivity index (χ4v) is 2.62. The Morgan fingerprint density at radius 1 is 1.39 bits per heavy atom. The van der Waals surface area contributed by atoms with Gasteiger partial charge in [-0.25, -0.2) is 0 Å². The monoisotopic (exact) mass is 245 g/mol. The molecule has 0 spiro atoms. The molecule has 2 aromatic heterocycles. The molecule has 5 nitrogen and oxygen atoms in total. The fraction of sp³-hybridized carbons (Fsp3) is 0.538. The van der Waals surface area contributed by atoms with Crippen molar-refractivity contribution in [2.24, 2.45) is 5.73 Å². The Kier molecular flexibility index (Phi) is 2.91. The molecule has 3 rings (SSSR count). The van der Waals surface area contributed by atoms with Gasteiger partial charge in [0.1, 0.15) is 5.82 Å². The van der Waals surface area contributed by atoms with E-state index >= 15 is 0 Å². The van der Waals surface area contributed by atoms with E-state index in [2.05, 4.69) is 31.6 Å². The summed E-state index contributed by atoms with van der Waals surface area (Å²) in [5.41, 5.74) is 7.10. The molecule has 0 fully saturated rings. The number of nitrogens with two attached hydrogens (primary N) is 1. The standard InChI is InChI=1S/C13H19N5/c1-10(14)11-5-4-7-17(11)9-13-16-15-12-6-2-3-8-18(12)13/h4-5,7,10H,2-3,6,8-9,14H2,1H3. The van der Waals surface area contributed by atoms with Crippen molar-refractivity contribution in [1.29, 1.82) is 0 Å². The summed E-state index contributed by atoms with van der Waals surface area (Å²) in [4.78, 5) is 0. The highest BCUT2D eigenvalue weighted by molar-refractivity contribution is 5.12. The lowest BCUT2D eigenvalue weighted by atomic mass is 10.1. The smallest absolute Gasteiger partial charge is 0.153 e. The maximum Gasteiger partial charge on any atom is 0.153 e. The Labute approximate surface area is 107 Å². The molecule has 18 heavy (non-hydrogen) atoms. The molecular formula is C13H19N5. The summed E-state index contributed by atoms with van der Waals surface area (Å²) in [5.74, 6) is 2.17. The van der Waals surface area contributed by atoms with E-state index in [0.29, 0.717) is 0 Å². The average molecular weight is 245 g/mol. The average Bonchev–Trinajstić information content (AvgIpc) is 2.97. The SMILES string of the molecule is CC(N)c1cccn1Cc1nnc2n1CCCC2. The molecule has 1 aliphatic heterocycles. The minimum atomic E-state index is 0.0451. The quantitative estimate of drug-likeness (QED) is 0.891. The summed E-state index contributed by atoms with van der Waals surface area (Å²) in [6, 6.07) is 4.15. The van der Waals surface area contributed by atoms with Crippen LogP contribution in [0.5, 0.6) is 0 Å². The van der Waals surface area contributed by atoms with Crippen LogP contribution in [0, 0.1) is 0 Å². The second-order valence-electron chi connectivity index (χ2n) is 4.99. The lowest BCUT2D eigenvalue weighted by Gasteiger charge is -2.16. The topological polar surface area (TPSA) is 61.7 Å². The zero-order chi connectivity index (χ0) is 12.5. The van der Waals surface area contributed by atoms with Crippen LogP contribution in [0.2, 0.25) is 0 Å². The van der Waals surface area contributed by atoms with E-state index in [-0.39, 0.29) is 6.04 Å². The van der Waals surface area contributed by atoms with Crippen molar-refractivity contribution in [3.05, 3.63) is 35.7 Å². The van der Waals surface area contributed by atoms with Gasteiger partial charge in [-0.1, -0.05) is 0 Å². The van der Waals surface area contributed by atoms with Crippen LogP contribution in [0.3, 0.4) is 0 Å². The highest BCUT2D eigenvalue weighted by Gasteiger charge is 2.16. The molecule has 3 heterocycles. The normalized spacial score (nSPS) is 16.6. The second-order valence-corrected chi connectivity index (χ2v) is 4.99. The van der Waals surface area contributed by atoms with Crippen molar-refractivity contribution in [1.82, 2.24) is 19.3 Å². The lowest BCUT2D eigenvalue weighted by Crippen LogP contribution is -2.17. The zero-order valence-electron chi connectivity index (χ0n) is 10.7. The van der Waals surface area contributed by atoms with Crippen molar-refractivity contribution >= 4 is 0 Å². The second kappa shape index (κ2) is 4.57. The highest BCUT2D eigenvalue weighted by Crippen LogP contribution is 2.17. The van der Waals surface area contributed by atoms with Crippen LogP contribution >= 0.6 is 0 Å². The summed E-state index contributed by atoms with van der Waals surface area (Å²) >= 11 is 0. The van der Waals surface area contributed by atoms with Gasteiger partial charge < -0.3 is 14.9 Å². The molecule has 0 saturated carbocycles. The Bertz CT molecular complexity index is 537. The fourth-order valence-electron chi connectivity index (χ4n) is 2.62. The Morgan fingerprint density at radius 3 is 3.11 bits per heavy atom. The predicted molar refractivity (Wildman–Crippen MR) is 69.1 cm³/mol. The summed E-state index contributed by atoms with van der Waals surface area (Å²) in [6.07, 6.45) is 5.57. The number of rotatable bonds is 3. The van der Waals surface area contributed by atoms with E-state index in [1.54, 1.807) is 0 Å². The van der Waals surface area contributed by atoms with Crippen molar-refractivity contribution in [3.8, 4) is 0 Å². The molecular weight excluding hydrogens is 226 g/mol. The van der Waals surface area contributed by atoms with Gasteiger partial charge >= 0.3 is 0 Å². The van der Waals surface area contributed by atoms with Gasteiger partial charge in [0, 0.05) is 30.9 Å². The predicted octanol–water partition coefficient (Wildman–Crippen LogP) is 1.48. The van der Waals surface area contributed by atoms with Gasteiger partial charge in [0.25, 0.3) is 0 Å². The van der Waals surface area contributed by atoms with Crippen LogP contribution in [-0.4, -0.2) is 19.3 Å². The van der Waals surface area contributed by atoms with Crippen molar-refractivity contribution in [2.45, 2.75) is 45.3 Å². The summed E-state index contributed by atoms with van der Waals surface area (Å²) < 4.78 is 4.42. The Balaban J connectivity index is 1.88. The van der Waals surface area contributed by atoms with Gasteiger partial charge in [-0.3, -0.25) is 0 Å². The molecule has 0 bridgehead atoms. The van der Waals surface area contributed by atoms with E-state index in [9.17, 15) is 0 Å². The van der Waals surface area contributed by atoms with Crippen LogP contribution in [0.15, 0.2) is 18.3 Å². The molecule has 0 saturated heterocycles. The molecule has 2 N–H and O–H groups in total. The van der Waals surface area contributed by atoms with Crippen LogP contribution in [0.4, 0.5) is 0 Å². The van der Waals surface area contributed by atoms with Crippen LogP contribution < -0.4 is 5.73 Å². The molecule has 0 amide bonds. The van der Waals surface area contributed by atoms with E-state index in [0.717, 1.165) is 36.9 Å². The van der Waals surface area contributed by atoms with Gasteiger partial charge in [-0.2, -0.15) is 0 Å². The maximum absolute atomic E-state index is 5.96. The first-order valence-electron chi connectivity index (χ1n) is 6.57. The first kappa shape index (κ1) is 11.5. The number of aryl methyl sites for hydroxylation is 1. The largest absolute Gasteiger partial charge is 0.342 e. The number of nitrogens with zero attached hydrogens (tertiary/aromatic N) is 4. The van der Waals surface area contributed by atoms with Gasteiger partial charge in [-0.15, -0.1) is 10.2 Å². The van der Waals surface area contributed by atoms with Crippen molar-refractivity contribution in [2.75, 3.05) is 0 Å². The molecule has 1 atom stereocenters. The Hall–Kier alpha value is -1.62. The molecule has 0 radical (unpaired) electrons. The van der Waals surface area contributed by atoms with E-state index < -0.39 is 0 Å². The minimum absolute atomic E-state index is 0.0451. The number of aromatic nitrogens is 4. The first-order valence-corrected chi connectivity index (χ1v) is 6.57. The number of hydrogen-bond acceptors (Lipinski definition) is 3. The molecule has 96 valence electrons. The van der Waals surface area contributed by atoms with Gasteiger partial charge in [-0.05, 0) is 31.9 Å². The Morgan fingerprint density at radius 2 is 2.28 bits per heavy atom. The zero-order valence-corrected chi connectivity index (χ0v) is 10.7. The first-order chi connectivity index (χ1) is 8.75. The third-order valence-corrected chi connectivity index (χ3v) is 3.58. The third-order valence-electron chi connectivity index (χ3n) is 3.58. The molecule has 1 unspecified atom stereocenters. The number of fused-ring (bicyclic) bond motifs is 1. The molecule has 5 heteroatoms. The summed E-state index contributed by atoms with van der Waals surface area (Å²) in [6.45, 7) is 3.81. The van der Waals surface area contributed by atoms with E-state index in [1.807, 2.05) is 13.0 Å². The molecule has 0 aromatic carbocycles. The van der Waals surface area contributed by atoms with Crippen LogP contribution in [0.1, 0.15) is 43.1 Å². The van der Waals surface area contributed by atoms with Crippen molar-refractivity contribution < 1.29 is 0 Å². The number of hydrogen-bond donors (Lipinski definition) is 1. The van der Waals surface area contributed by atoms with Crippen molar-refractivity contribution in [3.63, 3.8) is 0 Å². The minimum Gasteiger partial charge on any atom is -0.342 e. The third kappa shape index (κ3) is 1.95. The van der Waals surface area contributed by atoms with Gasteiger partial charge in [0.2, 0.25) is 0 Å².